The smallest absolute Gasteiger partial charge is 0.407 e. The van der Waals surface area contributed by atoms with Gasteiger partial charge < -0.3 is 40.2 Å². The highest BCUT2D eigenvalue weighted by molar-refractivity contribution is 7.90. The lowest BCUT2D eigenvalue weighted by Crippen LogP contribution is -2.51. The van der Waals surface area contributed by atoms with E-state index in [1.54, 1.807) is 58.5 Å². The summed E-state index contributed by atoms with van der Waals surface area (Å²) in [4.78, 5) is 63.5. The van der Waals surface area contributed by atoms with Crippen molar-refractivity contribution in [2.24, 2.45) is 10.3 Å². The van der Waals surface area contributed by atoms with Crippen LogP contribution in [0.2, 0.25) is 0 Å². The van der Waals surface area contributed by atoms with E-state index in [1.165, 1.54) is 20.3 Å². The predicted molar refractivity (Wildman–Crippen MR) is 233 cm³/mol. The Hall–Kier alpha value is -6.75. The Morgan fingerprint density at radius 3 is 2.06 bits per heavy atom. The molecular weight excluding hydrogens is 813 g/mol. The number of benzene rings is 4. The third-order valence-electron chi connectivity index (χ3n) is 11.7. The molecule has 0 radical (unpaired) electrons. The molecule has 2 saturated heterocycles. The number of likely N-dealkylation sites (tertiary alicyclic amines) is 2. The zero-order valence-corrected chi connectivity index (χ0v) is 35.6. The van der Waals surface area contributed by atoms with Crippen LogP contribution in [0, 0.1) is 5.92 Å². The molecule has 0 saturated carbocycles. The van der Waals surface area contributed by atoms with Crippen LogP contribution in [-0.2, 0) is 29.1 Å². The van der Waals surface area contributed by atoms with Crippen LogP contribution >= 0.6 is 0 Å². The standard InChI is InChI=1S/C45H48N8O8S/c1-26(2)38(49-44(56)60-3)42(54)52-20-8-12-35(52)40-46-25-34(48-40)32-17-16-28-22-29(14-15-30(28)23-32)31-18-19-37-33(24-31)47-41(51-62(37,58)59)36-13-9-21-53(36)43(55)39(50-45(57)61-4)27-10-6-5-7-11-27/h5-7,10-11,14-19,22-26,35-36,38-39H,8-9,12-13,20-21H2,1-4H3,(H,46,48)(H,47,51)(H,49,56)(H,50,57)/t35-,36-,38-,39+/m0/s1. The fraction of sp³-hybridized carbons (Fsp3) is 0.333. The number of amides is 4. The molecule has 3 aliphatic rings. The van der Waals surface area contributed by atoms with Crippen molar-refractivity contribution in [3.63, 3.8) is 0 Å². The number of fused-ring (bicyclic) bond motifs is 2. The summed E-state index contributed by atoms with van der Waals surface area (Å²) in [5.41, 5.74) is 4.27. The summed E-state index contributed by atoms with van der Waals surface area (Å²) in [6, 6.07) is 23.3. The molecule has 4 atom stereocenters. The Balaban J connectivity index is 1.00. The number of amidine groups is 1. The van der Waals surface area contributed by atoms with Crippen LogP contribution in [0.5, 0.6) is 0 Å². The molecule has 4 amide bonds. The van der Waals surface area contributed by atoms with Crippen LogP contribution in [0.1, 0.15) is 63.0 Å². The molecule has 4 aromatic carbocycles. The maximum atomic E-state index is 14.1. The number of anilines is 1. The van der Waals surface area contributed by atoms with E-state index in [4.69, 9.17) is 9.47 Å². The first-order valence-corrected chi connectivity index (χ1v) is 22.0. The highest BCUT2D eigenvalue weighted by Gasteiger charge is 2.41. The van der Waals surface area contributed by atoms with Crippen molar-refractivity contribution in [1.29, 1.82) is 0 Å². The number of methoxy groups -OCH3 is 2. The molecule has 62 heavy (non-hydrogen) atoms. The number of imidazole rings is 1. The molecule has 0 spiro atoms. The molecule has 0 bridgehead atoms. The average Bonchev–Trinajstić information content (AvgIpc) is 4.08. The van der Waals surface area contributed by atoms with Gasteiger partial charge in [0.15, 0.2) is 0 Å². The Bertz CT molecular complexity index is 2680. The van der Waals surface area contributed by atoms with E-state index < -0.39 is 46.2 Å². The summed E-state index contributed by atoms with van der Waals surface area (Å²) >= 11 is 0. The normalized spacial score (nSPS) is 19.0. The maximum absolute atomic E-state index is 14.1. The second-order valence-corrected chi connectivity index (χ2v) is 17.5. The number of nitrogens with zero attached hydrogens (tertiary/aromatic N) is 4. The van der Waals surface area contributed by atoms with Crippen molar-refractivity contribution in [1.82, 2.24) is 30.4 Å². The highest BCUT2D eigenvalue weighted by atomic mass is 32.2. The Morgan fingerprint density at radius 2 is 1.37 bits per heavy atom. The van der Waals surface area contributed by atoms with Crippen LogP contribution in [0.3, 0.4) is 0 Å². The van der Waals surface area contributed by atoms with Gasteiger partial charge in [-0.25, -0.2) is 14.6 Å². The van der Waals surface area contributed by atoms with E-state index in [0.717, 1.165) is 46.0 Å². The number of nitrogens with one attached hydrogen (secondary N) is 4. The molecule has 5 aromatic rings. The molecule has 4 heterocycles. The molecule has 2 fully saturated rings. The van der Waals surface area contributed by atoms with E-state index in [1.807, 2.05) is 44.2 Å². The molecule has 0 unspecified atom stereocenters. The van der Waals surface area contributed by atoms with Gasteiger partial charge >= 0.3 is 12.2 Å². The molecule has 8 rings (SSSR count). The first-order chi connectivity index (χ1) is 29.8. The van der Waals surface area contributed by atoms with Crippen molar-refractivity contribution in [2.45, 2.75) is 68.6 Å². The van der Waals surface area contributed by atoms with Gasteiger partial charge in [-0.05, 0) is 83.3 Å². The number of aromatic amines is 1. The lowest BCUT2D eigenvalue weighted by Gasteiger charge is -2.31. The third-order valence-corrected chi connectivity index (χ3v) is 13.1. The number of alkyl carbamates (subject to hydrolysis) is 2. The minimum atomic E-state index is -4.11. The van der Waals surface area contributed by atoms with Crippen LogP contribution in [0.4, 0.5) is 15.3 Å². The van der Waals surface area contributed by atoms with E-state index >= 15 is 0 Å². The second kappa shape index (κ2) is 17.3. The number of ether oxygens (including phenoxy) is 2. The largest absolute Gasteiger partial charge is 0.453 e. The SMILES string of the molecule is COC(=O)N[C@H](C(=O)N1CCC[C@H]1c1ncc(-c2ccc3cc(-c4ccc5c(c4)NC([C@@H]4CCCN4C(=O)[C@H](NC(=O)OC)c4ccccc4)=NS5(=O)=O)ccc3c2)[nH]1)C(C)C. The maximum Gasteiger partial charge on any atom is 0.407 e. The van der Waals surface area contributed by atoms with Crippen LogP contribution in [-0.4, -0.2) is 97.4 Å². The van der Waals surface area contributed by atoms with Crippen LogP contribution in [0.15, 0.2) is 100 Å². The fourth-order valence-electron chi connectivity index (χ4n) is 8.54. The van der Waals surface area contributed by atoms with Gasteiger partial charge in [0.1, 0.15) is 28.6 Å². The molecule has 1 aromatic heterocycles. The Kier molecular flexibility index (Phi) is 11.7. The number of sulfonamides is 1. The minimum absolute atomic E-state index is 0.0300. The van der Waals surface area contributed by atoms with Crippen molar-refractivity contribution in [2.75, 3.05) is 32.6 Å². The first kappa shape index (κ1) is 42.0. The first-order valence-electron chi connectivity index (χ1n) is 20.6. The molecule has 0 aliphatic carbocycles. The number of H-pyrrole nitrogens is 1. The molecule has 4 N–H and O–H groups in total. The van der Waals surface area contributed by atoms with E-state index in [-0.39, 0.29) is 28.6 Å². The van der Waals surface area contributed by atoms with Gasteiger partial charge in [0.05, 0.1) is 43.9 Å². The zero-order valence-electron chi connectivity index (χ0n) is 34.8. The Labute approximate surface area is 359 Å². The molecule has 322 valence electrons. The van der Waals surface area contributed by atoms with Gasteiger partial charge in [0, 0.05) is 18.7 Å². The minimum Gasteiger partial charge on any atom is -0.453 e. The van der Waals surface area contributed by atoms with Gasteiger partial charge in [-0.1, -0.05) is 74.5 Å². The number of hydrogen-bond acceptors (Lipinski definition) is 10. The summed E-state index contributed by atoms with van der Waals surface area (Å²) in [5, 5.41) is 10.5. The van der Waals surface area contributed by atoms with E-state index in [9.17, 15) is 27.6 Å². The average molecular weight is 861 g/mol. The lowest BCUT2D eigenvalue weighted by atomic mass is 9.99. The number of aromatic nitrogens is 2. The van der Waals surface area contributed by atoms with Gasteiger partial charge in [-0.15, -0.1) is 4.40 Å². The number of carbonyl (C=O) groups excluding carboxylic acids is 4. The number of carbonyl (C=O) groups is 4. The van der Waals surface area contributed by atoms with Crippen LogP contribution in [0.25, 0.3) is 33.2 Å². The van der Waals surface area contributed by atoms with Gasteiger partial charge in [0.2, 0.25) is 5.91 Å². The Morgan fingerprint density at radius 1 is 0.758 bits per heavy atom. The number of hydrogen-bond donors (Lipinski definition) is 4. The zero-order chi connectivity index (χ0) is 43.7. The van der Waals surface area contributed by atoms with Gasteiger partial charge in [-0.2, -0.15) is 8.42 Å². The lowest BCUT2D eigenvalue weighted by molar-refractivity contribution is -0.135. The molecule has 16 nitrogen and oxygen atoms in total. The summed E-state index contributed by atoms with van der Waals surface area (Å²) in [5.74, 6) is 0.101. The van der Waals surface area contributed by atoms with Crippen molar-refractivity contribution >= 4 is 56.3 Å². The van der Waals surface area contributed by atoms with Crippen molar-refractivity contribution < 1.29 is 37.1 Å². The summed E-state index contributed by atoms with van der Waals surface area (Å²) < 4.78 is 40.9. The van der Waals surface area contributed by atoms with Crippen molar-refractivity contribution in [3.05, 3.63) is 103 Å². The van der Waals surface area contributed by atoms with Crippen molar-refractivity contribution in [3.8, 4) is 22.4 Å². The second-order valence-electron chi connectivity index (χ2n) is 16.0. The molecular formula is C45H48N8O8S. The van der Waals surface area contributed by atoms with Gasteiger partial charge in [-0.3, -0.25) is 9.59 Å². The topological polar surface area (TPSA) is 204 Å². The number of rotatable bonds is 10. The van der Waals surface area contributed by atoms with Crippen LogP contribution < -0.4 is 16.0 Å². The fourth-order valence-corrected chi connectivity index (χ4v) is 9.70. The van der Waals surface area contributed by atoms with E-state index in [2.05, 4.69) is 36.4 Å². The highest BCUT2D eigenvalue weighted by Crippen LogP contribution is 2.37. The van der Waals surface area contributed by atoms with E-state index in [0.29, 0.717) is 43.0 Å². The van der Waals surface area contributed by atoms with Gasteiger partial charge in [0.25, 0.3) is 15.9 Å². The quantitative estimate of drug-likeness (QED) is 0.119. The third kappa shape index (κ3) is 8.31. The monoisotopic (exact) mass is 860 g/mol. The predicted octanol–water partition coefficient (Wildman–Crippen LogP) is 6.54. The summed E-state index contributed by atoms with van der Waals surface area (Å²) in [7, 11) is -1.62. The summed E-state index contributed by atoms with van der Waals surface area (Å²) in [6.07, 6.45) is 2.99. The molecule has 17 heteroatoms. The molecule has 3 aliphatic heterocycles. The summed E-state index contributed by atoms with van der Waals surface area (Å²) in [6.45, 7) is 4.67.